The summed E-state index contributed by atoms with van der Waals surface area (Å²) in [7, 11) is 3.45. The number of methoxy groups -OCH3 is 1. The van der Waals surface area contributed by atoms with Crippen molar-refractivity contribution in [2.24, 2.45) is 12.8 Å². The molecule has 9 heteroatoms. The summed E-state index contributed by atoms with van der Waals surface area (Å²) in [6.45, 7) is 8.21. The number of pyridine rings is 1. The Morgan fingerprint density at radius 1 is 1.31 bits per heavy atom. The summed E-state index contributed by atoms with van der Waals surface area (Å²) in [4.78, 5) is 16.8. The van der Waals surface area contributed by atoms with Crippen molar-refractivity contribution >= 4 is 41.8 Å². The lowest BCUT2D eigenvalue weighted by Crippen LogP contribution is -2.48. The molecular formula is C17H29Cl2N5O2. The molecule has 0 aliphatic heterocycles. The van der Waals surface area contributed by atoms with Gasteiger partial charge in [-0.1, -0.05) is 0 Å². The molecule has 3 N–H and O–H groups in total. The minimum Gasteiger partial charge on any atom is -0.479 e. The molecule has 0 bridgehead atoms. The normalized spacial score (nSPS) is 10.9. The van der Waals surface area contributed by atoms with E-state index in [-0.39, 0.29) is 30.7 Å². The van der Waals surface area contributed by atoms with Gasteiger partial charge in [-0.25, -0.2) is 9.67 Å². The van der Waals surface area contributed by atoms with Gasteiger partial charge >= 0.3 is 0 Å². The van der Waals surface area contributed by atoms with Crippen LogP contribution in [0.4, 0.5) is 0 Å². The second kappa shape index (κ2) is 9.39. The Kier molecular flexibility index (Phi) is 8.82. The van der Waals surface area contributed by atoms with Gasteiger partial charge in [-0.3, -0.25) is 4.79 Å². The predicted molar refractivity (Wildman–Crippen MR) is 109 cm³/mol. The quantitative estimate of drug-likeness (QED) is 0.767. The van der Waals surface area contributed by atoms with Crippen molar-refractivity contribution in [1.29, 1.82) is 0 Å². The molecular weight excluding hydrogens is 377 g/mol. The van der Waals surface area contributed by atoms with Crippen LogP contribution in [-0.4, -0.2) is 39.9 Å². The average Bonchev–Trinajstić information content (AvgIpc) is 2.83. The van der Waals surface area contributed by atoms with E-state index in [1.54, 1.807) is 11.8 Å². The molecule has 0 radical (unpaired) electrons. The third kappa shape index (κ3) is 4.99. The van der Waals surface area contributed by atoms with Gasteiger partial charge in [-0.05, 0) is 45.2 Å². The Bertz CT molecular complexity index is 774. The van der Waals surface area contributed by atoms with E-state index in [1.807, 2.05) is 34.7 Å². The molecule has 0 saturated heterocycles. The van der Waals surface area contributed by atoms with Crippen molar-refractivity contribution in [3.63, 3.8) is 0 Å². The summed E-state index contributed by atoms with van der Waals surface area (Å²) in [6, 6.07) is 0. The molecule has 7 nitrogen and oxygen atoms in total. The van der Waals surface area contributed by atoms with E-state index in [2.05, 4.69) is 15.4 Å². The zero-order valence-electron chi connectivity index (χ0n) is 16.2. The largest absolute Gasteiger partial charge is 0.479 e. The van der Waals surface area contributed by atoms with Gasteiger partial charge in [0.15, 0.2) is 5.65 Å². The second-order valence-electron chi connectivity index (χ2n) is 6.77. The van der Waals surface area contributed by atoms with Crippen LogP contribution in [0.5, 0.6) is 5.88 Å². The molecule has 2 rings (SSSR count). The molecule has 148 valence electrons. The molecule has 0 atom stereocenters. The fourth-order valence-electron chi connectivity index (χ4n) is 2.84. The monoisotopic (exact) mass is 405 g/mol. The lowest BCUT2D eigenvalue weighted by molar-refractivity contribution is -0.122. The van der Waals surface area contributed by atoms with Crippen LogP contribution in [0.1, 0.15) is 37.1 Å². The highest BCUT2D eigenvalue weighted by molar-refractivity contribution is 5.86. The number of nitrogens with one attached hydrogen (secondary N) is 1. The minimum atomic E-state index is -0.393. The number of aryl methyl sites for hydroxylation is 3. The van der Waals surface area contributed by atoms with Gasteiger partial charge in [-0.2, -0.15) is 0 Å². The van der Waals surface area contributed by atoms with Gasteiger partial charge in [0.1, 0.15) is 0 Å². The summed E-state index contributed by atoms with van der Waals surface area (Å²) in [5, 5.41) is 8.20. The number of fused-ring (bicyclic) bond motifs is 1. The van der Waals surface area contributed by atoms with E-state index in [4.69, 9.17) is 10.5 Å². The second-order valence-corrected chi connectivity index (χ2v) is 6.77. The van der Waals surface area contributed by atoms with Gasteiger partial charge in [0.05, 0.1) is 12.5 Å². The van der Waals surface area contributed by atoms with E-state index < -0.39 is 5.54 Å². The molecule has 2 aromatic rings. The standard InChI is InChI=1S/C17H27N5O2.2ClH/c1-10-12(7-8-13(23)20-17(3,4)9-18)11(2)19-15-14(10)16(24-6)21-22(15)5;;/h7-9,18H2,1-6H3,(H,20,23);2*1H. The third-order valence-corrected chi connectivity index (χ3v) is 4.31. The number of hydrogen-bond acceptors (Lipinski definition) is 5. The minimum absolute atomic E-state index is 0. The van der Waals surface area contributed by atoms with Crippen LogP contribution in [0.25, 0.3) is 11.0 Å². The van der Waals surface area contributed by atoms with Crippen molar-refractivity contribution in [3.8, 4) is 5.88 Å². The number of halogens is 2. The molecule has 0 spiro atoms. The number of rotatable bonds is 6. The zero-order valence-corrected chi connectivity index (χ0v) is 17.8. The first-order chi connectivity index (χ1) is 11.2. The predicted octanol–water partition coefficient (Wildman–Crippen LogP) is 2.22. The van der Waals surface area contributed by atoms with Gasteiger partial charge in [0.25, 0.3) is 0 Å². The number of nitrogens with two attached hydrogens (primary N) is 1. The molecule has 0 aromatic carbocycles. The molecule has 0 fully saturated rings. The first-order valence-corrected chi connectivity index (χ1v) is 8.08. The number of carbonyl (C=O) groups excluding carboxylic acids is 1. The molecule has 26 heavy (non-hydrogen) atoms. The summed E-state index contributed by atoms with van der Waals surface area (Å²) < 4.78 is 7.08. The topological polar surface area (TPSA) is 95.1 Å². The van der Waals surface area contributed by atoms with E-state index in [9.17, 15) is 4.79 Å². The van der Waals surface area contributed by atoms with Crippen LogP contribution in [0.3, 0.4) is 0 Å². The highest BCUT2D eigenvalue weighted by Crippen LogP contribution is 2.30. The number of ether oxygens (including phenoxy) is 1. The van der Waals surface area contributed by atoms with Crippen molar-refractivity contribution in [2.75, 3.05) is 13.7 Å². The summed E-state index contributed by atoms with van der Waals surface area (Å²) in [6.07, 6.45) is 1.01. The fraction of sp³-hybridized carbons (Fsp3) is 0.588. The summed E-state index contributed by atoms with van der Waals surface area (Å²) >= 11 is 0. The van der Waals surface area contributed by atoms with E-state index >= 15 is 0 Å². The van der Waals surface area contributed by atoms with Gasteiger partial charge in [0.2, 0.25) is 11.8 Å². The molecule has 2 heterocycles. The van der Waals surface area contributed by atoms with E-state index in [0.717, 1.165) is 27.9 Å². The highest BCUT2D eigenvalue weighted by Gasteiger charge is 2.21. The average molecular weight is 406 g/mol. The van der Waals surface area contributed by atoms with Gasteiger partial charge < -0.3 is 15.8 Å². The molecule has 0 aliphatic carbocycles. The third-order valence-electron chi connectivity index (χ3n) is 4.31. The Labute approximate surface area is 166 Å². The van der Waals surface area contributed by atoms with Crippen molar-refractivity contribution in [2.45, 2.75) is 46.1 Å². The van der Waals surface area contributed by atoms with Gasteiger partial charge in [0, 0.05) is 31.2 Å². The smallest absolute Gasteiger partial charge is 0.242 e. The number of nitrogens with zero attached hydrogens (tertiary/aromatic N) is 3. The van der Waals surface area contributed by atoms with E-state index in [0.29, 0.717) is 25.3 Å². The van der Waals surface area contributed by atoms with Crippen LogP contribution in [-0.2, 0) is 18.3 Å². The van der Waals surface area contributed by atoms with Crippen LogP contribution in [0.15, 0.2) is 0 Å². The summed E-state index contributed by atoms with van der Waals surface area (Å²) in [5.41, 5.74) is 9.10. The first kappa shape index (κ1) is 24.4. The number of aromatic nitrogens is 3. The van der Waals surface area contributed by atoms with Crippen LogP contribution < -0.4 is 15.8 Å². The molecule has 0 unspecified atom stereocenters. The maximum Gasteiger partial charge on any atom is 0.242 e. The number of hydrogen-bond donors (Lipinski definition) is 2. The lowest BCUT2D eigenvalue weighted by Gasteiger charge is -2.24. The Hall–Kier alpha value is -1.57. The maximum atomic E-state index is 12.2. The molecule has 2 aromatic heterocycles. The number of carbonyl (C=O) groups is 1. The van der Waals surface area contributed by atoms with Crippen molar-refractivity contribution in [1.82, 2.24) is 20.1 Å². The Morgan fingerprint density at radius 2 is 1.92 bits per heavy atom. The lowest BCUT2D eigenvalue weighted by atomic mass is 9.99. The fourth-order valence-corrected chi connectivity index (χ4v) is 2.84. The SMILES string of the molecule is COc1nn(C)c2nc(C)c(CCC(=O)NC(C)(C)CN)c(C)c12.Cl.Cl. The van der Waals surface area contributed by atoms with Crippen LogP contribution >= 0.6 is 24.8 Å². The van der Waals surface area contributed by atoms with Gasteiger partial charge in [-0.15, -0.1) is 29.9 Å². The maximum absolute atomic E-state index is 12.2. The van der Waals surface area contributed by atoms with Crippen LogP contribution in [0.2, 0.25) is 0 Å². The number of amides is 1. The molecule has 0 aliphatic rings. The van der Waals surface area contributed by atoms with Crippen molar-refractivity contribution in [3.05, 3.63) is 16.8 Å². The molecule has 1 amide bonds. The molecule has 0 saturated carbocycles. The first-order valence-electron chi connectivity index (χ1n) is 8.08. The van der Waals surface area contributed by atoms with Crippen molar-refractivity contribution < 1.29 is 9.53 Å². The zero-order chi connectivity index (χ0) is 18.1. The van der Waals surface area contributed by atoms with E-state index in [1.165, 1.54) is 0 Å². The Morgan fingerprint density at radius 3 is 2.46 bits per heavy atom. The summed E-state index contributed by atoms with van der Waals surface area (Å²) in [5.74, 6) is 0.551. The Balaban J connectivity index is 0.00000312. The van der Waals surface area contributed by atoms with Crippen LogP contribution in [0, 0.1) is 13.8 Å². The highest BCUT2D eigenvalue weighted by atomic mass is 35.5.